The molecule has 1 fully saturated rings. The molecule has 1 aliphatic carbocycles. The smallest absolute Gasteiger partial charge is 0.159 e. The van der Waals surface area contributed by atoms with E-state index in [0.29, 0.717) is 17.5 Å². The zero-order valence-corrected chi connectivity index (χ0v) is 13.9. The lowest BCUT2D eigenvalue weighted by atomic mass is 9.95. The molecule has 3 rings (SSSR count). The molecular formula is C18H25N5. The van der Waals surface area contributed by atoms with Crippen molar-refractivity contribution in [2.75, 3.05) is 16.4 Å². The molecule has 0 bridgehead atoms. The molecule has 1 aliphatic rings. The zero-order chi connectivity index (χ0) is 16.2. The van der Waals surface area contributed by atoms with Gasteiger partial charge in [-0.05, 0) is 49.9 Å². The molecule has 0 spiro atoms. The van der Waals surface area contributed by atoms with Crippen molar-refractivity contribution in [3.8, 4) is 0 Å². The minimum atomic E-state index is 0.468. The molecular weight excluding hydrogens is 286 g/mol. The van der Waals surface area contributed by atoms with Gasteiger partial charge in [-0.15, -0.1) is 0 Å². The van der Waals surface area contributed by atoms with Gasteiger partial charge in [-0.3, -0.25) is 0 Å². The van der Waals surface area contributed by atoms with Crippen molar-refractivity contribution in [3.05, 3.63) is 35.7 Å². The Morgan fingerprint density at radius 2 is 1.74 bits per heavy atom. The van der Waals surface area contributed by atoms with Crippen LogP contribution in [0.15, 0.2) is 24.5 Å². The summed E-state index contributed by atoms with van der Waals surface area (Å²) in [5, 5.41) is 6.78. The second-order valence-corrected chi connectivity index (χ2v) is 6.39. The number of aromatic nitrogens is 2. The molecule has 1 aromatic carbocycles. The van der Waals surface area contributed by atoms with Gasteiger partial charge in [0.15, 0.2) is 11.6 Å². The summed E-state index contributed by atoms with van der Waals surface area (Å²) in [6.07, 6.45) is 7.81. The van der Waals surface area contributed by atoms with Crippen molar-refractivity contribution < 1.29 is 0 Å². The number of hydrogen-bond acceptors (Lipinski definition) is 5. The Morgan fingerprint density at radius 3 is 2.48 bits per heavy atom. The van der Waals surface area contributed by atoms with E-state index >= 15 is 0 Å². The topological polar surface area (TPSA) is 75.9 Å². The third kappa shape index (κ3) is 3.73. The number of nitrogens with two attached hydrogens (primary N) is 1. The van der Waals surface area contributed by atoms with Crippen molar-refractivity contribution in [2.45, 2.75) is 52.0 Å². The van der Waals surface area contributed by atoms with Crippen molar-refractivity contribution in [3.63, 3.8) is 0 Å². The number of nitrogens with zero attached hydrogens (tertiary/aromatic N) is 2. The molecule has 0 radical (unpaired) electrons. The summed E-state index contributed by atoms with van der Waals surface area (Å²) < 4.78 is 0. The molecule has 0 unspecified atom stereocenters. The van der Waals surface area contributed by atoms with E-state index in [2.05, 4.69) is 46.6 Å². The highest BCUT2D eigenvalue weighted by atomic mass is 15.1. The van der Waals surface area contributed by atoms with E-state index in [1.807, 2.05) is 6.07 Å². The van der Waals surface area contributed by atoms with Crippen LogP contribution in [0.2, 0.25) is 0 Å². The number of benzene rings is 1. The van der Waals surface area contributed by atoms with Gasteiger partial charge in [0.2, 0.25) is 0 Å². The van der Waals surface area contributed by atoms with E-state index < -0.39 is 0 Å². The van der Waals surface area contributed by atoms with Crippen LogP contribution in [0.4, 0.5) is 23.0 Å². The minimum Gasteiger partial charge on any atom is -0.393 e. The summed E-state index contributed by atoms with van der Waals surface area (Å²) >= 11 is 0. The molecule has 4 N–H and O–H groups in total. The third-order valence-corrected chi connectivity index (χ3v) is 4.60. The first-order chi connectivity index (χ1) is 11.1. The first kappa shape index (κ1) is 15.6. The van der Waals surface area contributed by atoms with Gasteiger partial charge in [0.25, 0.3) is 0 Å². The lowest BCUT2D eigenvalue weighted by Gasteiger charge is -2.24. The van der Waals surface area contributed by atoms with Gasteiger partial charge < -0.3 is 16.4 Å². The standard InChI is InChI=1S/C18H25N5/c1-12-8-9-15(10-13(12)2)23-18-16(19)17(20-11-21-18)22-14-6-4-3-5-7-14/h8-11,14H,3-7,19H2,1-2H3,(H2,20,21,22,23). The average molecular weight is 311 g/mol. The summed E-state index contributed by atoms with van der Waals surface area (Å²) in [4.78, 5) is 8.61. The Kier molecular flexibility index (Phi) is 4.65. The van der Waals surface area contributed by atoms with Gasteiger partial charge in [0.1, 0.15) is 12.0 Å². The molecule has 23 heavy (non-hydrogen) atoms. The van der Waals surface area contributed by atoms with Crippen LogP contribution < -0.4 is 16.4 Å². The largest absolute Gasteiger partial charge is 0.393 e. The van der Waals surface area contributed by atoms with Crippen LogP contribution >= 0.6 is 0 Å². The molecule has 0 saturated heterocycles. The predicted molar refractivity (Wildman–Crippen MR) is 96.1 cm³/mol. The number of nitrogens with one attached hydrogen (secondary N) is 2. The minimum absolute atomic E-state index is 0.468. The molecule has 0 atom stereocenters. The normalized spacial score (nSPS) is 15.4. The Balaban J connectivity index is 1.77. The second kappa shape index (κ2) is 6.86. The van der Waals surface area contributed by atoms with Gasteiger partial charge in [0.05, 0.1) is 0 Å². The molecule has 0 amide bonds. The Hall–Kier alpha value is -2.30. The zero-order valence-electron chi connectivity index (χ0n) is 13.9. The summed E-state index contributed by atoms with van der Waals surface area (Å²) in [7, 11) is 0. The molecule has 0 aliphatic heterocycles. The number of nitrogen functional groups attached to an aromatic ring is 1. The molecule has 5 nitrogen and oxygen atoms in total. The van der Waals surface area contributed by atoms with E-state index in [4.69, 9.17) is 5.73 Å². The molecule has 5 heteroatoms. The summed E-state index contributed by atoms with van der Waals surface area (Å²) in [5.74, 6) is 1.39. The number of aryl methyl sites for hydroxylation is 2. The van der Waals surface area contributed by atoms with Crippen LogP contribution in [-0.4, -0.2) is 16.0 Å². The first-order valence-corrected chi connectivity index (χ1v) is 8.35. The fourth-order valence-electron chi connectivity index (χ4n) is 3.01. The van der Waals surface area contributed by atoms with E-state index in [9.17, 15) is 0 Å². The molecule has 1 saturated carbocycles. The maximum atomic E-state index is 6.27. The Morgan fingerprint density at radius 1 is 1.00 bits per heavy atom. The van der Waals surface area contributed by atoms with Crippen LogP contribution in [0.1, 0.15) is 43.2 Å². The summed E-state index contributed by atoms with van der Waals surface area (Å²) in [6, 6.07) is 6.70. The fraction of sp³-hybridized carbons (Fsp3) is 0.444. The fourth-order valence-corrected chi connectivity index (χ4v) is 3.01. The quantitative estimate of drug-likeness (QED) is 0.790. The van der Waals surface area contributed by atoms with E-state index in [0.717, 1.165) is 11.5 Å². The Labute approximate surface area is 137 Å². The maximum absolute atomic E-state index is 6.27. The van der Waals surface area contributed by atoms with Gasteiger partial charge >= 0.3 is 0 Å². The lowest BCUT2D eigenvalue weighted by molar-refractivity contribution is 0.462. The average Bonchev–Trinajstić information content (AvgIpc) is 2.56. The van der Waals surface area contributed by atoms with E-state index in [1.54, 1.807) is 6.33 Å². The monoisotopic (exact) mass is 311 g/mol. The van der Waals surface area contributed by atoms with Crippen molar-refractivity contribution in [1.29, 1.82) is 0 Å². The highest BCUT2D eigenvalue weighted by Gasteiger charge is 2.16. The second-order valence-electron chi connectivity index (χ2n) is 6.39. The summed E-state index contributed by atoms with van der Waals surface area (Å²) in [6.45, 7) is 4.20. The van der Waals surface area contributed by atoms with E-state index in [1.165, 1.54) is 43.2 Å². The van der Waals surface area contributed by atoms with Crippen molar-refractivity contribution in [1.82, 2.24) is 9.97 Å². The molecule has 1 heterocycles. The van der Waals surface area contributed by atoms with Crippen LogP contribution in [0.5, 0.6) is 0 Å². The number of hydrogen-bond donors (Lipinski definition) is 3. The SMILES string of the molecule is Cc1ccc(Nc2ncnc(NC3CCCCC3)c2N)cc1C. The maximum Gasteiger partial charge on any atom is 0.159 e. The van der Waals surface area contributed by atoms with Crippen LogP contribution in [0, 0.1) is 13.8 Å². The third-order valence-electron chi connectivity index (χ3n) is 4.60. The number of rotatable bonds is 4. The summed E-state index contributed by atoms with van der Waals surface area (Å²) in [5.41, 5.74) is 10.3. The lowest BCUT2D eigenvalue weighted by Crippen LogP contribution is -2.23. The van der Waals surface area contributed by atoms with Gasteiger partial charge in [-0.25, -0.2) is 9.97 Å². The van der Waals surface area contributed by atoms with Gasteiger partial charge in [0, 0.05) is 11.7 Å². The Bertz CT molecular complexity index is 677. The van der Waals surface area contributed by atoms with Crippen LogP contribution in [0.25, 0.3) is 0 Å². The van der Waals surface area contributed by atoms with Crippen molar-refractivity contribution >= 4 is 23.0 Å². The van der Waals surface area contributed by atoms with Gasteiger partial charge in [-0.1, -0.05) is 25.3 Å². The highest BCUT2D eigenvalue weighted by Crippen LogP contribution is 2.29. The highest BCUT2D eigenvalue weighted by molar-refractivity contribution is 5.77. The molecule has 2 aromatic rings. The van der Waals surface area contributed by atoms with Crippen LogP contribution in [-0.2, 0) is 0 Å². The van der Waals surface area contributed by atoms with Gasteiger partial charge in [-0.2, -0.15) is 0 Å². The van der Waals surface area contributed by atoms with E-state index in [-0.39, 0.29) is 0 Å². The number of anilines is 4. The van der Waals surface area contributed by atoms with Crippen molar-refractivity contribution in [2.24, 2.45) is 0 Å². The van der Waals surface area contributed by atoms with Crippen LogP contribution in [0.3, 0.4) is 0 Å². The first-order valence-electron chi connectivity index (χ1n) is 8.35. The predicted octanol–water partition coefficient (Wildman–Crippen LogP) is 4.16. The molecule has 1 aromatic heterocycles. The molecule has 122 valence electrons.